The molecule has 0 radical (unpaired) electrons. The Hall–Kier alpha value is -0.160. The molecule has 2 fully saturated rings. The normalized spacial score (nSPS) is 27.5. The van der Waals surface area contributed by atoms with Gasteiger partial charge in [-0.1, -0.05) is 6.92 Å². The quantitative estimate of drug-likeness (QED) is 0.828. The lowest BCUT2D eigenvalue weighted by molar-refractivity contribution is -0.253. The van der Waals surface area contributed by atoms with Crippen molar-refractivity contribution in [1.29, 1.82) is 0 Å². The van der Waals surface area contributed by atoms with Gasteiger partial charge in [-0.25, -0.2) is 0 Å². The second kappa shape index (κ2) is 6.33. The summed E-state index contributed by atoms with van der Waals surface area (Å²) in [6.45, 7) is 11.4. The number of likely N-dealkylation sites (tertiary alicyclic amines) is 1. The van der Waals surface area contributed by atoms with Crippen LogP contribution in [0.3, 0.4) is 0 Å². The highest BCUT2D eigenvalue weighted by atomic mass is 16.7. The molecule has 4 nitrogen and oxygen atoms in total. The van der Waals surface area contributed by atoms with Gasteiger partial charge in [-0.15, -0.1) is 0 Å². The Kier molecular flexibility index (Phi) is 5.01. The van der Waals surface area contributed by atoms with Crippen LogP contribution in [0.2, 0.25) is 0 Å². The number of rotatable bonds is 4. The summed E-state index contributed by atoms with van der Waals surface area (Å²) in [5, 5.41) is 3.68. The van der Waals surface area contributed by atoms with Crippen LogP contribution in [0.1, 0.15) is 40.0 Å². The summed E-state index contributed by atoms with van der Waals surface area (Å²) >= 11 is 0. The molecular weight excluding hydrogens is 228 g/mol. The van der Waals surface area contributed by atoms with E-state index in [4.69, 9.17) is 9.47 Å². The van der Waals surface area contributed by atoms with Gasteiger partial charge in [-0.05, 0) is 52.7 Å². The average molecular weight is 256 g/mol. The Morgan fingerprint density at radius 3 is 2.28 bits per heavy atom. The van der Waals surface area contributed by atoms with E-state index >= 15 is 0 Å². The molecule has 0 aromatic rings. The molecule has 0 amide bonds. The van der Waals surface area contributed by atoms with Gasteiger partial charge in [0.1, 0.15) is 0 Å². The number of ether oxygens (including phenoxy) is 2. The van der Waals surface area contributed by atoms with Crippen LogP contribution < -0.4 is 5.32 Å². The van der Waals surface area contributed by atoms with E-state index in [9.17, 15) is 0 Å². The summed E-state index contributed by atoms with van der Waals surface area (Å²) in [5.41, 5.74) is 0. The first-order valence-corrected chi connectivity index (χ1v) is 7.35. The van der Waals surface area contributed by atoms with Crippen molar-refractivity contribution in [1.82, 2.24) is 10.2 Å². The van der Waals surface area contributed by atoms with Crippen LogP contribution in [-0.2, 0) is 9.47 Å². The van der Waals surface area contributed by atoms with Crippen LogP contribution >= 0.6 is 0 Å². The van der Waals surface area contributed by atoms with E-state index in [2.05, 4.69) is 17.1 Å². The topological polar surface area (TPSA) is 33.7 Å². The zero-order valence-corrected chi connectivity index (χ0v) is 12.1. The smallest absolute Gasteiger partial charge is 0.162 e. The van der Waals surface area contributed by atoms with Gasteiger partial charge >= 0.3 is 0 Å². The number of piperidine rings is 1. The van der Waals surface area contributed by atoms with E-state index in [1.807, 2.05) is 13.8 Å². The maximum Gasteiger partial charge on any atom is 0.162 e. The molecule has 0 atom stereocenters. The zero-order chi connectivity index (χ0) is 13.0. The predicted octanol–water partition coefficient (Wildman–Crippen LogP) is 1.60. The van der Waals surface area contributed by atoms with Gasteiger partial charge in [0.05, 0.1) is 19.3 Å². The molecule has 2 aliphatic heterocycles. The van der Waals surface area contributed by atoms with Gasteiger partial charge in [-0.3, -0.25) is 0 Å². The summed E-state index contributed by atoms with van der Waals surface area (Å²) in [5.74, 6) is -0.400. The monoisotopic (exact) mass is 256 g/mol. The summed E-state index contributed by atoms with van der Waals surface area (Å²) in [7, 11) is 0. The Bertz CT molecular complexity index is 240. The van der Waals surface area contributed by atoms with Crippen molar-refractivity contribution in [3.05, 3.63) is 0 Å². The Labute approximate surface area is 111 Å². The molecule has 2 rings (SSSR count). The van der Waals surface area contributed by atoms with Crippen LogP contribution in [0.5, 0.6) is 0 Å². The first kappa shape index (κ1) is 14.3. The first-order valence-electron chi connectivity index (χ1n) is 7.35. The summed E-state index contributed by atoms with van der Waals surface area (Å²) in [6, 6.07) is 0.997. The molecule has 0 bridgehead atoms. The molecule has 0 spiro atoms. The molecule has 18 heavy (non-hydrogen) atoms. The molecule has 106 valence electrons. The van der Waals surface area contributed by atoms with Gasteiger partial charge in [0.2, 0.25) is 0 Å². The second-order valence-corrected chi connectivity index (χ2v) is 6.00. The van der Waals surface area contributed by atoms with Crippen molar-refractivity contribution >= 4 is 0 Å². The van der Waals surface area contributed by atoms with E-state index in [0.717, 1.165) is 13.2 Å². The Balaban J connectivity index is 1.66. The zero-order valence-electron chi connectivity index (χ0n) is 12.1. The van der Waals surface area contributed by atoms with Gasteiger partial charge < -0.3 is 19.7 Å². The van der Waals surface area contributed by atoms with E-state index in [-0.39, 0.29) is 0 Å². The van der Waals surface area contributed by atoms with Crippen molar-refractivity contribution in [3.8, 4) is 0 Å². The molecule has 4 heteroatoms. The lowest BCUT2D eigenvalue weighted by Gasteiger charge is -2.39. The van der Waals surface area contributed by atoms with Crippen LogP contribution in [-0.4, -0.2) is 55.6 Å². The molecule has 0 saturated carbocycles. The first-order chi connectivity index (χ1) is 8.59. The van der Waals surface area contributed by atoms with Crippen LogP contribution in [0.15, 0.2) is 0 Å². The van der Waals surface area contributed by atoms with Crippen LogP contribution in [0.25, 0.3) is 0 Å². The largest absolute Gasteiger partial charge is 0.349 e. The van der Waals surface area contributed by atoms with Crippen LogP contribution in [0, 0.1) is 0 Å². The molecule has 1 N–H and O–H groups in total. The van der Waals surface area contributed by atoms with E-state index in [1.165, 1.54) is 38.9 Å². The Morgan fingerprint density at radius 1 is 1.11 bits per heavy atom. The fraction of sp³-hybridized carbons (Fsp3) is 1.00. The van der Waals surface area contributed by atoms with Gasteiger partial charge in [0.15, 0.2) is 5.79 Å². The molecule has 0 aliphatic carbocycles. The molecule has 0 aromatic heterocycles. The SMILES string of the molecule is CCCN1CCC(NC2COC(C)(C)OC2)CC1. The summed E-state index contributed by atoms with van der Waals surface area (Å²) in [4.78, 5) is 2.56. The van der Waals surface area contributed by atoms with Crippen molar-refractivity contribution in [2.45, 2.75) is 57.9 Å². The predicted molar refractivity (Wildman–Crippen MR) is 72.7 cm³/mol. The van der Waals surface area contributed by atoms with E-state index in [0.29, 0.717) is 12.1 Å². The third kappa shape index (κ3) is 4.19. The highest BCUT2D eigenvalue weighted by Crippen LogP contribution is 2.18. The molecule has 0 unspecified atom stereocenters. The number of hydrogen-bond donors (Lipinski definition) is 1. The van der Waals surface area contributed by atoms with Crippen molar-refractivity contribution in [3.63, 3.8) is 0 Å². The molecular formula is C14H28N2O2. The lowest BCUT2D eigenvalue weighted by Crippen LogP contribution is -2.53. The van der Waals surface area contributed by atoms with Gasteiger partial charge in [0, 0.05) is 6.04 Å². The van der Waals surface area contributed by atoms with Crippen LogP contribution in [0.4, 0.5) is 0 Å². The van der Waals surface area contributed by atoms with Crippen molar-refractivity contribution in [2.75, 3.05) is 32.8 Å². The lowest BCUT2D eigenvalue weighted by atomic mass is 10.0. The van der Waals surface area contributed by atoms with Crippen molar-refractivity contribution in [2.24, 2.45) is 0 Å². The minimum Gasteiger partial charge on any atom is -0.349 e. The molecule has 2 saturated heterocycles. The number of nitrogens with zero attached hydrogens (tertiary/aromatic N) is 1. The molecule has 0 aromatic carbocycles. The fourth-order valence-electron chi connectivity index (χ4n) is 2.76. The van der Waals surface area contributed by atoms with E-state index in [1.54, 1.807) is 0 Å². The van der Waals surface area contributed by atoms with E-state index < -0.39 is 5.79 Å². The number of nitrogens with one attached hydrogen (secondary N) is 1. The number of hydrogen-bond acceptors (Lipinski definition) is 4. The minimum atomic E-state index is -0.400. The summed E-state index contributed by atoms with van der Waals surface area (Å²) in [6.07, 6.45) is 3.76. The minimum absolute atomic E-state index is 0.362. The summed E-state index contributed by atoms with van der Waals surface area (Å²) < 4.78 is 11.4. The fourth-order valence-corrected chi connectivity index (χ4v) is 2.76. The van der Waals surface area contributed by atoms with Crippen molar-refractivity contribution < 1.29 is 9.47 Å². The highest BCUT2D eigenvalue weighted by Gasteiger charge is 2.30. The second-order valence-electron chi connectivity index (χ2n) is 6.00. The Morgan fingerprint density at radius 2 is 1.72 bits per heavy atom. The maximum absolute atomic E-state index is 5.68. The average Bonchev–Trinajstić information content (AvgIpc) is 2.35. The standard InChI is InChI=1S/C14H28N2O2/c1-4-7-16-8-5-12(6-9-16)15-13-10-17-14(2,3)18-11-13/h12-13,15H,4-11H2,1-3H3. The third-order valence-electron chi connectivity index (χ3n) is 3.86. The van der Waals surface area contributed by atoms with Gasteiger partial charge in [0.25, 0.3) is 0 Å². The molecule has 2 aliphatic rings. The van der Waals surface area contributed by atoms with Gasteiger partial charge in [-0.2, -0.15) is 0 Å². The maximum atomic E-state index is 5.68. The molecule has 2 heterocycles. The third-order valence-corrected chi connectivity index (χ3v) is 3.86. The highest BCUT2D eigenvalue weighted by molar-refractivity contribution is 4.82.